The molecule has 6 heteroatoms. The first-order valence-corrected chi connectivity index (χ1v) is 10.3. The van der Waals surface area contributed by atoms with Crippen LogP contribution in [0.15, 0.2) is 84.9 Å². The van der Waals surface area contributed by atoms with Gasteiger partial charge >= 0.3 is 0 Å². The lowest BCUT2D eigenvalue weighted by atomic mass is 10.0. The number of methoxy groups -OCH3 is 1. The van der Waals surface area contributed by atoms with Crippen LogP contribution in [0, 0.1) is 0 Å². The lowest BCUT2D eigenvalue weighted by Crippen LogP contribution is -2.46. The highest BCUT2D eigenvalue weighted by Crippen LogP contribution is 2.36. The molecule has 0 unspecified atom stereocenters. The first-order valence-electron chi connectivity index (χ1n) is 10.3. The number of nitrogens with zero attached hydrogens (tertiary/aromatic N) is 2. The number of ether oxygens (including phenoxy) is 1. The van der Waals surface area contributed by atoms with Gasteiger partial charge in [0, 0.05) is 17.4 Å². The lowest BCUT2D eigenvalue weighted by molar-refractivity contribution is -0.118. The summed E-state index contributed by atoms with van der Waals surface area (Å²) < 4.78 is 5.71. The maximum atomic E-state index is 13.6. The molecule has 0 saturated heterocycles. The molecule has 1 heterocycles. The minimum Gasteiger partial charge on any atom is -0.494 e. The number of rotatable bonds is 5. The molecule has 160 valence electrons. The van der Waals surface area contributed by atoms with E-state index in [1.165, 1.54) is 12.1 Å². The molecule has 4 rings (SSSR count). The van der Waals surface area contributed by atoms with Gasteiger partial charge in [-0.05, 0) is 18.2 Å². The third kappa shape index (κ3) is 4.03. The van der Waals surface area contributed by atoms with Crippen molar-refractivity contribution in [3.8, 4) is 17.0 Å². The van der Waals surface area contributed by atoms with E-state index < -0.39 is 5.91 Å². The fraction of sp³-hybridized carbons (Fsp3) is 0.115. The Morgan fingerprint density at radius 3 is 2.19 bits per heavy atom. The first kappa shape index (κ1) is 21.1. The Labute approximate surface area is 186 Å². The van der Waals surface area contributed by atoms with Crippen molar-refractivity contribution < 1.29 is 14.3 Å². The summed E-state index contributed by atoms with van der Waals surface area (Å²) in [6, 6.07) is 26.0. The second kappa shape index (κ2) is 9.31. The van der Waals surface area contributed by atoms with Gasteiger partial charge in [-0.2, -0.15) is 0 Å². The van der Waals surface area contributed by atoms with Gasteiger partial charge in [0.15, 0.2) is 5.75 Å². The molecule has 32 heavy (non-hydrogen) atoms. The molecule has 6 nitrogen and oxygen atoms in total. The van der Waals surface area contributed by atoms with Crippen LogP contribution in [-0.2, 0) is 4.79 Å². The van der Waals surface area contributed by atoms with Crippen LogP contribution in [0.1, 0.15) is 23.7 Å². The number of fused-ring (bicyclic) bond motifs is 1. The van der Waals surface area contributed by atoms with Crippen molar-refractivity contribution >= 4 is 28.4 Å². The van der Waals surface area contributed by atoms with Crippen LogP contribution in [0.4, 0.5) is 5.69 Å². The van der Waals surface area contributed by atoms with E-state index >= 15 is 0 Å². The summed E-state index contributed by atoms with van der Waals surface area (Å²) in [5.74, 6) is -0.335. The van der Waals surface area contributed by atoms with Crippen molar-refractivity contribution in [2.24, 2.45) is 0 Å². The molecule has 3 aromatic carbocycles. The number of aromatic nitrogens is 1. The Morgan fingerprint density at radius 1 is 0.906 bits per heavy atom. The number of nitrogens with one attached hydrogen (secondary N) is 1. The molecule has 1 aromatic heterocycles. The van der Waals surface area contributed by atoms with Gasteiger partial charge in [0.05, 0.1) is 23.9 Å². The second-order valence-electron chi connectivity index (χ2n) is 7.11. The zero-order valence-electron chi connectivity index (χ0n) is 17.9. The second-order valence-corrected chi connectivity index (χ2v) is 7.11. The molecule has 0 spiro atoms. The van der Waals surface area contributed by atoms with E-state index in [9.17, 15) is 9.59 Å². The van der Waals surface area contributed by atoms with Gasteiger partial charge in [-0.3, -0.25) is 15.0 Å². The van der Waals surface area contributed by atoms with Crippen molar-refractivity contribution in [1.82, 2.24) is 10.4 Å². The summed E-state index contributed by atoms with van der Waals surface area (Å²) in [5, 5.41) is 1.91. The molecule has 0 aliphatic rings. The number of hydrogen-bond acceptors (Lipinski definition) is 4. The van der Waals surface area contributed by atoms with Crippen LogP contribution >= 0.6 is 0 Å². The molecule has 4 aromatic rings. The standard InChI is InChI=1S/C26H23N3O3/c1-3-22(30)29(19-14-8-5-9-15-19)28-26(31)23-20-16-10-11-17-21(20)27-24(25(23)32-2)18-12-6-4-7-13-18/h4-17H,3H2,1-2H3,(H,28,31). The largest absolute Gasteiger partial charge is 0.494 e. The SMILES string of the molecule is CCC(=O)N(NC(=O)c1c(OC)c(-c2ccccc2)nc2ccccc12)c1ccccc1. The highest BCUT2D eigenvalue weighted by molar-refractivity contribution is 6.12. The zero-order chi connectivity index (χ0) is 22.5. The third-order valence-electron chi connectivity index (χ3n) is 5.11. The maximum absolute atomic E-state index is 13.6. The third-order valence-corrected chi connectivity index (χ3v) is 5.11. The van der Waals surface area contributed by atoms with Gasteiger partial charge in [0.1, 0.15) is 5.69 Å². The van der Waals surface area contributed by atoms with Crippen molar-refractivity contribution in [2.45, 2.75) is 13.3 Å². The van der Waals surface area contributed by atoms with Gasteiger partial charge in [-0.15, -0.1) is 0 Å². The Balaban J connectivity index is 1.87. The Bertz CT molecular complexity index is 1260. The number of anilines is 1. The minimum absolute atomic E-state index is 0.231. The van der Waals surface area contributed by atoms with Crippen LogP contribution < -0.4 is 15.2 Å². The molecular formula is C26H23N3O3. The van der Waals surface area contributed by atoms with Crippen LogP contribution in [0.5, 0.6) is 5.75 Å². The average Bonchev–Trinajstić information content (AvgIpc) is 2.86. The van der Waals surface area contributed by atoms with E-state index in [-0.39, 0.29) is 12.3 Å². The molecule has 0 atom stereocenters. The van der Waals surface area contributed by atoms with Gasteiger partial charge in [-0.1, -0.05) is 73.7 Å². The Morgan fingerprint density at radius 2 is 1.53 bits per heavy atom. The summed E-state index contributed by atoms with van der Waals surface area (Å²) in [6.07, 6.45) is 0.235. The van der Waals surface area contributed by atoms with Crippen LogP contribution in [-0.4, -0.2) is 23.9 Å². The van der Waals surface area contributed by atoms with Crippen molar-refractivity contribution in [3.63, 3.8) is 0 Å². The topological polar surface area (TPSA) is 71.5 Å². The van der Waals surface area contributed by atoms with Crippen molar-refractivity contribution in [1.29, 1.82) is 0 Å². The van der Waals surface area contributed by atoms with E-state index in [1.807, 2.05) is 72.8 Å². The van der Waals surface area contributed by atoms with Gasteiger partial charge < -0.3 is 4.74 Å². The maximum Gasteiger partial charge on any atom is 0.274 e. The van der Waals surface area contributed by atoms with Crippen molar-refractivity contribution in [2.75, 3.05) is 12.1 Å². The highest BCUT2D eigenvalue weighted by atomic mass is 16.5. The lowest BCUT2D eigenvalue weighted by Gasteiger charge is -2.24. The molecule has 0 radical (unpaired) electrons. The summed E-state index contributed by atoms with van der Waals surface area (Å²) in [7, 11) is 1.52. The summed E-state index contributed by atoms with van der Waals surface area (Å²) >= 11 is 0. The Hall–Kier alpha value is -4.19. The predicted molar refractivity (Wildman–Crippen MR) is 125 cm³/mol. The van der Waals surface area contributed by atoms with Gasteiger partial charge in [0.2, 0.25) is 5.91 Å². The summed E-state index contributed by atoms with van der Waals surface area (Å²) in [4.78, 5) is 31.0. The smallest absolute Gasteiger partial charge is 0.274 e. The monoisotopic (exact) mass is 425 g/mol. The fourth-order valence-electron chi connectivity index (χ4n) is 3.57. The number of pyridine rings is 1. The highest BCUT2D eigenvalue weighted by Gasteiger charge is 2.25. The summed E-state index contributed by atoms with van der Waals surface area (Å²) in [6.45, 7) is 1.75. The number of hydrogen-bond donors (Lipinski definition) is 1. The molecule has 1 N–H and O–H groups in total. The normalized spacial score (nSPS) is 10.6. The minimum atomic E-state index is -0.455. The van der Waals surface area contributed by atoms with Gasteiger partial charge in [-0.25, -0.2) is 9.99 Å². The zero-order valence-corrected chi connectivity index (χ0v) is 17.9. The molecular weight excluding hydrogens is 402 g/mol. The fourth-order valence-corrected chi connectivity index (χ4v) is 3.57. The quantitative estimate of drug-likeness (QED) is 0.457. The molecule has 0 saturated carbocycles. The average molecular weight is 425 g/mol. The van der Waals surface area contributed by atoms with E-state index in [0.717, 1.165) is 5.56 Å². The number of carbonyl (C=O) groups excluding carboxylic acids is 2. The Kier molecular flexibility index (Phi) is 6.12. The van der Waals surface area contributed by atoms with Gasteiger partial charge in [0.25, 0.3) is 5.91 Å². The van der Waals surface area contributed by atoms with E-state index in [1.54, 1.807) is 19.1 Å². The molecule has 0 aliphatic heterocycles. The predicted octanol–water partition coefficient (Wildman–Crippen LogP) is 5.00. The number of amides is 2. The van der Waals surface area contributed by atoms with E-state index in [2.05, 4.69) is 5.43 Å². The molecule has 2 amide bonds. The van der Waals surface area contributed by atoms with Crippen molar-refractivity contribution in [3.05, 3.63) is 90.5 Å². The number of benzene rings is 3. The number of hydrazine groups is 1. The van der Waals surface area contributed by atoms with E-state index in [4.69, 9.17) is 9.72 Å². The van der Waals surface area contributed by atoms with Crippen LogP contribution in [0.25, 0.3) is 22.2 Å². The number of carbonyl (C=O) groups is 2. The van der Waals surface area contributed by atoms with Crippen LogP contribution in [0.3, 0.4) is 0 Å². The molecule has 0 fully saturated rings. The number of para-hydroxylation sites is 2. The van der Waals surface area contributed by atoms with Crippen LogP contribution in [0.2, 0.25) is 0 Å². The van der Waals surface area contributed by atoms with E-state index in [0.29, 0.717) is 33.6 Å². The first-order chi connectivity index (χ1) is 15.6. The molecule has 0 aliphatic carbocycles. The summed E-state index contributed by atoms with van der Waals surface area (Å²) in [5.41, 5.74) is 5.73. The molecule has 0 bridgehead atoms.